The van der Waals surface area contributed by atoms with E-state index in [-0.39, 0.29) is 19.0 Å². The molecule has 2 aromatic rings. The third kappa shape index (κ3) is 6.73. The number of benzene rings is 1. The largest absolute Gasteiger partial charge is 0.481 e. The average Bonchev–Trinajstić information content (AvgIpc) is 2.64. The maximum atomic E-state index is 12.0. The molecular formula is C21H25NO5. The lowest BCUT2D eigenvalue weighted by Gasteiger charge is -2.19. The van der Waals surface area contributed by atoms with Gasteiger partial charge in [-0.15, -0.1) is 0 Å². The summed E-state index contributed by atoms with van der Waals surface area (Å²) < 4.78 is 15.6. The molecule has 0 saturated carbocycles. The van der Waals surface area contributed by atoms with Crippen molar-refractivity contribution < 1.29 is 23.8 Å². The van der Waals surface area contributed by atoms with E-state index in [9.17, 15) is 9.59 Å². The molecule has 0 amide bonds. The van der Waals surface area contributed by atoms with Gasteiger partial charge in [0.15, 0.2) is 6.61 Å². The van der Waals surface area contributed by atoms with Gasteiger partial charge in [0.2, 0.25) is 0 Å². The third-order valence-corrected chi connectivity index (χ3v) is 3.65. The zero-order chi connectivity index (χ0) is 19.9. The lowest BCUT2D eigenvalue weighted by Crippen LogP contribution is -2.24. The number of hydrogen-bond acceptors (Lipinski definition) is 6. The molecule has 1 heterocycles. The van der Waals surface area contributed by atoms with E-state index in [1.54, 1.807) is 18.5 Å². The number of pyridine rings is 1. The molecule has 0 saturated heterocycles. The molecule has 144 valence electrons. The Hall–Kier alpha value is -2.89. The average molecular weight is 371 g/mol. The molecule has 27 heavy (non-hydrogen) atoms. The summed E-state index contributed by atoms with van der Waals surface area (Å²) in [6.45, 7) is 5.37. The summed E-state index contributed by atoms with van der Waals surface area (Å²) in [4.78, 5) is 27.4. The molecule has 0 aliphatic carbocycles. The van der Waals surface area contributed by atoms with E-state index >= 15 is 0 Å². The smallest absolute Gasteiger partial charge is 0.343 e. The Morgan fingerprint density at radius 1 is 1.04 bits per heavy atom. The van der Waals surface area contributed by atoms with E-state index in [1.165, 1.54) is 7.11 Å². The maximum Gasteiger partial charge on any atom is 0.343 e. The highest BCUT2D eigenvalue weighted by molar-refractivity contribution is 5.74. The van der Waals surface area contributed by atoms with Gasteiger partial charge in [0.05, 0.1) is 7.11 Å². The Labute approximate surface area is 159 Å². The van der Waals surface area contributed by atoms with Gasteiger partial charge in [0.25, 0.3) is 0 Å². The van der Waals surface area contributed by atoms with Crippen molar-refractivity contribution in [2.45, 2.75) is 39.2 Å². The van der Waals surface area contributed by atoms with Gasteiger partial charge < -0.3 is 14.2 Å². The Kier molecular flexibility index (Phi) is 6.93. The maximum absolute atomic E-state index is 12.0. The van der Waals surface area contributed by atoms with Gasteiger partial charge in [-0.1, -0.05) is 6.07 Å². The summed E-state index contributed by atoms with van der Waals surface area (Å²) in [5.74, 6) is -0.128. The normalized spacial score (nSPS) is 11.0. The van der Waals surface area contributed by atoms with Gasteiger partial charge in [-0.05, 0) is 62.6 Å². The van der Waals surface area contributed by atoms with E-state index in [0.717, 1.165) is 16.7 Å². The molecule has 1 aromatic heterocycles. The van der Waals surface area contributed by atoms with Crippen molar-refractivity contribution in [3.8, 4) is 16.9 Å². The second kappa shape index (κ2) is 9.16. The molecule has 0 aliphatic rings. The lowest BCUT2D eigenvalue weighted by molar-refractivity contribution is -0.154. The van der Waals surface area contributed by atoms with Crippen LogP contribution in [0.5, 0.6) is 5.75 Å². The van der Waals surface area contributed by atoms with Gasteiger partial charge in [-0.2, -0.15) is 0 Å². The SMILES string of the molecule is COC(=O)COc1ccc(CCC(=O)OC(C)(C)C)cc1-c1ccncc1. The zero-order valence-corrected chi connectivity index (χ0v) is 16.2. The van der Waals surface area contributed by atoms with Crippen molar-refractivity contribution in [2.24, 2.45) is 0 Å². The van der Waals surface area contributed by atoms with Gasteiger partial charge >= 0.3 is 11.9 Å². The summed E-state index contributed by atoms with van der Waals surface area (Å²) in [6, 6.07) is 9.34. The number of methoxy groups -OCH3 is 1. The highest BCUT2D eigenvalue weighted by Gasteiger charge is 2.16. The molecule has 6 nitrogen and oxygen atoms in total. The molecule has 0 unspecified atom stereocenters. The first kappa shape index (κ1) is 20.4. The topological polar surface area (TPSA) is 74.7 Å². The predicted octanol–water partition coefficient (Wildman–Crippen LogP) is 3.57. The van der Waals surface area contributed by atoms with Crippen LogP contribution in [-0.2, 0) is 25.5 Å². The number of ether oxygens (including phenoxy) is 3. The van der Waals surface area contributed by atoms with Crippen LogP contribution in [0.1, 0.15) is 32.8 Å². The summed E-state index contributed by atoms with van der Waals surface area (Å²) in [7, 11) is 1.31. The molecule has 1 aromatic carbocycles. The quantitative estimate of drug-likeness (QED) is 0.693. The lowest BCUT2D eigenvalue weighted by atomic mass is 10.0. The fraction of sp³-hybridized carbons (Fsp3) is 0.381. The molecule has 0 atom stereocenters. The number of aryl methyl sites for hydroxylation is 1. The highest BCUT2D eigenvalue weighted by atomic mass is 16.6. The van der Waals surface area contributed by atoms with Crippen molar-refractivity contribution >= 4 is 11.9 Å². The van der Waals surface area contributed by atoms with Crippen LogP contribution in [0.25, 0.3) is 11.1 Å². The minimum absolute atomic E-state index is 0.175. The van der Waals surface area contributed by atoms with E-state index in [2.05, 4.69) is 9.72 Å². The third-order valence-electron chi connectivity index (χ3n) is 3.65. The summed E-state index contributed by atoms with van der Waals surface area (Å²) in [6.07, 6.45) is 4.21. The first-order valence-electron chi connectivity index (χ1n) is 8.73. The van der Waals surface area contributed by atoms with Crippen molar-refractivity contribution in [3.05, 3.63) is 48.3 Å². The fourth-order valence-electron chi connectivity index (χ4n) is 2.45. The summed E-state index contributed by atoms with van der Waals surface area (Å²) >= 11 is 0. The minimum atomic E-state index is -0.495. The second-order valence-corrected chi connectivity index (χ2v) is 7.02. The first-order valence-corrected chi connectivity index (χ1v) is 8.73. The Morgan fingerprint density at radius 3 is 2.37 bits per heavy atom. The Morgan fingerprint density at radius 2 is 1.74 bits per heavy atom. The molecular weight excluding hydrogens is 346 g/mol. The molecule has 2 rings (SSSR count). The van der Waals surface area contributed by atoms with Crippen LogP contribution in [0.2, 0.25) is 0 Å². The fourth-order valence-corrected chi connectivity index (χ4v) is 2.45. The molecule has 0 spiro atoms. The van der Waals surface area contributed by atoms with E-state index in [0.29, 0.717) is 12.2 Å². The first-order chi connectivity index (χ1) is 12.8. The van der Waals surface area contributed by atoms with Crippen molar-refractivity contribution in [2.75, 3.05) is 13.7 Å². The molecule has 0 radical (unpaired) electrons. The zero-order valence-electron chi connectivity index (χ0n) is 16.2. The summed E-state index contributed by atoms with van der Waals surface area (Å²) in [5.41, 5.74) is 2.20. The molecule has 6 heteroatoms. The number of carbonyl (C=O) groups excluding carboxylic acids is 2. The van der Waals surface area contributed by atoms with Crippen LogP contribution in [0, 0.1) is 0 Å². The number of esters is 2. The van der Waals surface area contributed by atoms with Gasteiger partial charge in [0.1, 0.15) is 11.4 Å². The molecule has 0 bridgehead atoms. The van der Waals surface area contributed by atoms with Crippen LogP contribution in [0.3, 0.4) is 0 Å². The van der Waals surface area contributed by atoms with Crippen LogP contribution >= 0.6 is 0 Å². The van der Waals surface area contributed by atoms with Crippen LogP contribution in [0.4, 0.5) is 0 Å². The van der Waals surface area contributed by atoms with Gasteiger partial charge in [-0.3, -0.25) is 9.78 Å². The monoisotopic (exact) mass is 371 g/mol. The van der Waals surface area contributed by atoms with Crippen LogP contribution < -0.4 is 4.74 Å². The van der Waals surface area contributed by atoms with Crippen LogP contribution in [0.15, 0.2) is 42.7 Å². The predicted molar refractivity (Wildman–Crippen MR) is 101 cm³/mol. The van der Waals surface area contributed by atoms with Crippen molar-refractivity contribution in [1.82, 2.24) is 4.98 Å². The number of rotatable bonds is 7. The minimum Gasteiger partial charge on any atom is -0.481 e. The van der Waals surface area contributed by atoms with E-state index in [1.807, 2.05) is 45.0 Å². The Bertz CT molecular complexity index is 781. The van der Waals surface area contributed by atoms with Crippen LogP contribution in [-0.4, -0.2) is 36.2 Å². The molecule has 0 fully saturated rings. The van der Waals surface area contributed by atoms with Crippen molar-refractivity contribution in [3.63, 3.8) is 0 Å². The van der Waals surface area contributed by atoms with Gasteiger partial charge in [-0.25, -0.2) is 4.79 Å². The van der Waals surface area contributed by atoms with E-state index < -0.39 is 11.6 Å². The summed E-state index contributed by atoms with van der Waals surface area (Å²) in [5, 5.41) is 0. The Balaban J connectivity index is 2.18. The van der Waals surface area contributed by atoms with Crippen molar-refractivity contribution in [1.29, 1.82) is 0 Å². The number of aromatic nitrogens is 1. The second-order valence-electron chi connectivity index (χ2n) is 7.02. The number of nitrogens with zero attached hydrogens (tertiary/aromatic N) is 1. The van der Waals surface area contributed by atoms with E-state index in [4.69, 9.17) is 9.47 Å². The standard InChI is InChI=1S/C21H25NO5/c1-21(2,3)27-19(23)8-6-15-5-7-18(26-14-20(24)25-4)17(13-15)16-9-11-22-12-10-16/h5,7,9-13H,6,8,14H2,1-4H3. The number of hydrogen-bond donors (Lipinski definition) is 0. The van der Waals surface area contributed by atoms with Gasteiger partial charge in [0, 0.05) is 24.4 Å². The number of carbonyl (C=O) groups is 2. The molecule has 0 aliphatic heterocycles. The highest BCUT2D eigenvalue weighted by Crippen LogP contribution is 2.31. The molecule has 0 N–H and O–H groups in total.